The molecule has 3 saturated heterocycles. The van der Waals surface area contributed by atoms with Crippen LogP contribution in [0.2, 0.25) is 0 Å². The van der Waals surface area contributed by atoms with E-state index in [4.69, 9.17) is 14.5 Å². The summed E-state index contributed by atoms with van der Waals surface area (Å²) in [5, 5.41) is 8.19. The Kier molecular flexibility index (Phi) is 6.14. The summed E-state index contributed by atoms with van der Waals surface area (Å²) in [7, 11) is 1.77. The summed E-state index contributed by atoms with van der Waals surface area (Å²) in [4.78, 5) is 33.3. The summed E-state index contributed by atoms with van der Waals surface area (Å²) in [5.41, 5.74) is -0.495. The first kappa shape index (κ1) is 24.5. The number of aromatic nitrogens is 4. The van der Waals surface area contributed by atoms with Crippen molar-refractivity contribution in [1.29, 1.82) is 0 Å². The molecule has 11 heteroatoms. The number of hydrogen-bond donors (Lipinski definition) is 1. The van der Waals surface area contributed by atoms with Crippen LogP contribution >= 0.6 is 15.9 Å². The normalized spacial score (nSPS) is 29.0. The van der Waals surface area contributed by atoms with Gasteiger partial charge in [0.05, 0.1) is 0 Å². The van der Waals surface area contributed by atoms with E-state index < -0.39 is 5.60 Å². The molecule has 1 N–H and O–H groups in total. The molecule has 0 saturated carbocycles. The van der Waals surface area contributed by atoms with Gasteiger partial charge in [-0.3, -0.25) is 9.36 Å². The van der Waals surface area contributed by atoms with Crippen molar-refractivity contribution < 1.29 is 14.3 Å². The van der Waals surface area contributed by atoms with Crippen molar-refractivity contribution in [2.45, 2.75) is 102 Å². The number of alkyl carbamates (subject to hydrolysis) is 1. The molecule has 2 aromatic rings. The standard InChI is InChI=1S/C24H35BrN6O4/c1-23(2,3)35-22(33)27-24(4)12-14-9-10-15(13-24)30(14)21-26-19-17(20(32)29(21)5)18(25)28-31(19)16-8-6-7-11-34-16/h14-16H,6-13H2,1-5H3,(H,27,33)/t14-,15+,16?,24?. The summed E-state index contributed by atoms with van der Waals surface area (Å²) in [6.07, 6.45) is 5.81. The molecular formula is C24H35BrN6O4. The summed E-state index contributed by atoms with van der Waals surface area (Å²) in [6, 6.07) is 0.324. The number of piperidine rings is 1. The molecular weight excluding hydrogens is 516 g/mol. The predicted molar refractivity (Wildman–Crippen MR) is 136 cm³/mol. The molecule has 2 unspecified atom stereocenters. The van der Waals surface area contributed by atoms with E-state index in [-0.39, 0.29) is 35.5 Å². The van der Waals surface area contributed by atoms with Crippen LogP contribution in [0.1, 0.15) is 78.9 Å². The number of carbonyl (C=O) groups excluding carboxylic acids is 1. The number of rotatable bonds is 3. The monoisotopic (exact) mass is 550 g/mol. The second-order valence-corrected chi connectivity index (χ2v) is 12.2. The fourth-order valence-corrected chi connectivity index (χ4v) is 6.45. The first-order valence-electron chi connectivity index (χ1n) is 12.5. The third-order valence-electron chi connectivity index (χ3n) is 7.32. The van der Waals surface area contributed by atoms with Gasteiger partial charge in [0.1, 0.15) is 15.6 Å². The summed E-state index contributed by atoms with van der Waals surface area (Å²) in [5.74, 6) is 0.652. The average Bonchev–Trinajstić information content (AvgIpc) is 3.24. The van der Waals surface area contributed by atoms with E-state index in [1.165, 1.54) is 0 Å². The Labute approximate surface area is 213 Å². The molecule has 5 rings (SSSR count). The quantitative estimate of drug-likeness (QED) is 0.615. The zero-order valence-electron chi connectivity index (χ0n) is 21.1. The Hall–Kier alpha value is -2.14. The fourth-order valence-electron chi connectivity index (χ4n) is 5.93. The SMILES string of the molecule is Cn1c(N2[C@@H]3CC[C@H]2CC(C)(NC(=O)OC(C)(C)C)C3)nc2c(c(Br)nn2C2CCCCO2)c1=O. The smallest absolute Gasteiger partial charge is 0.408 e. The maximum absolute atomic E-state index is 13.4. The zero-order chi connectivity index (χ0) is 25.1. The van der Waals surface area contributed by atoms with Crippen LogP contribution in [0, 0.1) is 0 Å². The minimum Gasteiger partial charge on any atom is -0.444 e. The molecule has 10 nitrogen and oxygen atoms in total. The molecule has 4 atom stereocenters. The third kappa shape index (κ3) is 4.57. The van der Waals surface area contributed by atoms with Gasteiger partial charge in [-0.2, -0.15) is 10.1 Å². The first-order valence-corrected chi connectivity index (χ1v) is 13.3. The van der Waals surface area contributed by atoms with Crippen LogP contribution in [0.25, 0.3) is 11.0 Å². The third-order valence-corrected chi connectivity index (χ3v) is 7.88. The minimum atomic E-state index is -0.545. The van der Waals surface area contributed by atoms with E-state index in [9.17, 15) is 9.59 Å². The topological polar surface area (TPSA) is 104 Å². The maximum atomic E-state index is 13.4. The highest BCUT2D eigenvalue weighted by molar-refractivity contribution is 9.10. The van der Waals surface area contributed by atoms with E-state index in [1.807, 2.05) is 20.8 Å². The number of ether oxygens (including phenoxy) is 2. The van der Waals surface area contributed by atoms with Gasteiger partial charge in [0.15, 0.2) is 11.9 Å². The molecule has 2 aromatic heterocycles. The Morgan fingerprint density at radius 2 is 1.89 bits per heavy atom. The largest absolute Gasteiger partial charge is 0.444 e. The molecule has 192 valence electrons. The lowest BCUT2D eigenvalue weighted by Crippen LogP contribution is -2.59. The molecule has 0 spiro atoms. The van der Waals surface area contributed by atoms with E-state index in [0.29, 0.717) is 28.2 Å². The lowest BCUT2D eigenvalue weighted by Gasteiger charge is -2.45. The van der Waals surface area contributed by atoms with Crippen molar-refractivity contribution >= 4 is 39.0 Å². The van der Waals surface area contributed by atoms with Crippen LogP contribution < -0.4 is 15.8 Å². The second-order valence-electron chi connectivity index (χ2n) is 11.4. The number of hydrogen-bond acceptors (Lipinski definition) is 7. The number of nitrogens with one attached hydrogen (secondary N) is 1. The van der Waals surface area contributed by atoms with Gasteiger partial charge in [-0.15, -0.1) is 0 Å². The summed E-state index contributed by atoms with van der Waals surface area (Å²) < 4.78 is 15.4. The predicted octanol–water partition coefficient (Wildman–Crippen LogP) is 4.01. The summed E-state index contributed by atoms with van der Waals surface area (Å²) in [6.45, 7) is 8.36. The van der Waals surface area contributed by atoms with E-state index >= 15 is 0 Å². The van der Waals surface area contributed by atoms with Gasteiger partial charge in [-0.1, -0.05) is 0 Å². The molecule has 35 heavy (non-hydrogen) atoms. The highest BCUT2D eigenvalue weighted by atomic mass is 79.9. The molecule has 0 radical (unpaired) electrons. The van der Waals surface area contributed by atoms with Crippen molar-refractivity contribution in [3.8, 4) is 0 Å². The number of carbonyl (C=O) groups is 1. The van der Waals surface area contributed by atoms with Gasteiger partial charge >= 0.3 is 6.09 Å². The van der Waals surface area contributed by atoms with Crippen molar-refractivity contribution in [1.82, 2.24) is 24.6 Å². The highest BCUT2D eigenvalue weighted by Crippen LogP contribution is 2.43. The highest BCUT2D eigenvalue weighted by Gasteiger charge is 2.48. The van der Waals surface area contributed by atoms with E-state index in [0.717, 1.165) is 44.9 Å². The molecule has 3 aliphatic rings. The van der Waals surface area contributed by atoms with Crippen LogP contribution in [0.15, 0.2) is 9.40 Å². The van der Waals surface area contributed by atoms with Gasteiger partial charge < -0.3 is 19.7 Å². The Bertz CT molecular complexity index is 1180. The molecule has 3 aliphatic heterocycles. The van der Waals surface area contributed by atoms with Crippen molar-refractivity contribution in [2.75, 3.05) is 11.5 Å². The number of nitrogens with zero attached hydrogens (tertiary/aromatic N) is 5. The molecule has 0 aliphatic carbocycles. The molecule has 0 aromatic carbocycles. The lowest BCUT2D eigenvalue weighted by molar-refractivity contribution is -0.0371. The van der Waals surface area contributed by atoms with Crippen LogP contribution in [-0.2, 0) is 16.5 Å². The van der Waals surface area contributed by atoms with Crippen molar-refractivity contribution in [3.63, 3.8) is 0 Å². The minimum absolute atomic E-state index is 0.126. The van der Waals surface area contributed by atoms with Gasteiger partial charge in [-0.05, 0) is 88.6 Å². The van der Waals surface area contributed by atoms with Gasteiger partial charge in [0.25, 0.3) is 5.56 Å². The van der Waals surface area contributed by atoms with Gasteiger partial charge in [0.2, 0.25) is 5.95 Å². The fraction of sp³-hybridized carbons (Fsp3) is 0.750. The molecule has 5 heterocycles. The molecule has 1 amide bonds. The van der Waals surface area contributed by atoms with Crippen molar-refractivity contribution in [2.24, 2.45) is 7.05 Å². The Balaban J connectivity index is 1.47. The number of fused-ring (bicyclic) bond motifs is 3. The van der Waals surface area contributed by atoms with Crippen LogP contribution in [0.4, 0.5) is 10.7 Å². The summed E-state index contributed by atoms with van der Waals surface area (Å²) >= 11 is 3.48. The average molecular weight is 551 g/mol. The second kappa shape index (κ2) is 8.76. The van der Waals surface area contributed by atoms with Crippen LogP contribution in [0.3, 0.4) is 0 Å². The maximum Gasteiger partial charge on any atom is 0.408 e. The van der Waals surface area contributed by atoms with Crippen LogP contribution in [0.5, 0.6) is 0 Å². The van der Waals surface area contributed by atoms with Crippen molar-refractivity contribution in [3.05, 3.63) is 15.0 Å². The number of halogens is 1. The molecule has 3 fully saturated rings. The Morgan fingerprint density at radius 1 is 1.20 bits per heavy atom. The molecule has 2 bridgehead atoms. The van der Waals surface area contributed by atoms with Crippen LogP contribution in [-0.4, -0.2) is 55.3 Å². The van der Waals surface area contributed by atoms with E-state index in [2.05, 4.69) is 38.2 Å². The number of amides is 1. The van der Waals surface area contributed by atoms with Gasteiger partial charge in [0, 0.05) is 31.3 Å². The number of anilines is 1. The van der Waals surface area contributed by atoms with Gasteiger partial charge in [-0.25, -0.2) is 9.48 Å². The van der Waals surface area contributed by atoms with E-state index in [1.54, 1.807) is 16.3 Å². The lowest BCUT2D eigenvalue weighted by atomic mass is 9.84. The Morgan fingerprint density at radius 3 is 2.49 bits per heavy atom. The first-order chi connectivity index (χ1) is 16.5. The zero-order valence-corrected chi connectivity index (χ0v) is 22.7.